The summed E-state index contributed by atoms with van der Waals surface area (Å²) in [6.07, 6.45) is 0. The smallest absolute Gasteiger partial charge is 0.218 e. The number of hydrogen-bond acceptors (Lipinski definition) is 4. The minimum atomic E-state index is 0.162. The molecule has 0 bridgehead atoms. The Kier molecular flexibility index (Phi) is 3.11. The van der Waals surface area contributed by atoms with E-state index in [9.17, 15) is 5.26 Å². The average Bonchev–Trinajstić information content (AvgIpc) is 2.69. The molecular weight excluding hydrogens is 228 g/mol. The summed E-state index contributed by atoms with van der Waals surface area (Å²) in [4.78, 5) is 5.83. The van der Waals surface area contributed by atoms with Gasteiger partial charge in [0.15, 0.2) is 0 Å². The van der Waals surface area contributed by atoms with Crippen LogP contribution < -0.4 is 0 Å². The monoisotopic (exact) mass is 240 g/mol. The van der Waals surface area contributed by atoms with Gasteiger partial charge in [0.2, 0.25) is 5.84 Å². The van der Waals surface area contributed by atoms with Crippen LogP contribution in [0.15, 0.2) is 46.2 Å². The van der Waals surface area contributed by atoms with Crippen molar-refractivity contribution in [1.29, 1.82) is 5.26 Å². The first kappa shape index (κ1) is 11.9. The van der Waals surface area contributed by atoms with Gasteiger partial charge >= 0.3 is 0 Å². The SMILES string of the molecule is CC1=NC(=N\O)/C(=C(\C#N)c2ccccc2)N1C. The number of nitrogens with zero attached hydrogens (tertiary/aromatic N) is 4. The Morgan fingerprint density at radius 2 is 2.06 bits per heavy atom. The van der Waals surface area contributed by atoms with Gasteiger partial charge in [-0.15, -0.1) is 0 Å². The third-order valence-corrected chi connectivity index (χ3v) is 2.81. The summed E-state index contributed by atoms with van der Waals surface area (Å²) in [6, 6.07) is 11.4. The summed E-state index contributed by atoms with van der Waals surface area (Å²) >= 11 is 0. The van der Waals surface area contributed by atoms with Crippen molar-refractivity contribution in [2.75, 3.05) is 7.05 Å². The van der Waals surface area contributed by atoms with Gasteiger partial charge in [0, 0.05) is 7.05 Å². The van der Waals surface area contributed by atoms with E-state index in [1.807, 2.05) is 30.3 Å². The van der Waals surface area contributed by atoms with Crippen molar-refractivity contribution in [2.45, 2.75) is 6.92 Å². The highest BCUT2D eigenvalue weighted by Gasteiger charge is 2.26. The molecule has 18 heavy (non-hydrogen) atoms. The van der Waals surface area contributed by atoms with Crippen molar-refractivity contribution in [2.24, 2.45) is 10.1 Å². The average molecular weight is 240 g/mol. The Bertz CT molecular complexity index is 593. The molecule has 1 aliphatic heterocycles. The first-order valence-electron chi connectivity index (χ1n) is 5.40. The predicted octanol–water partition coefficient (Wildman–Crippen LogP) is 2.07. The highest BCUT2D eigenvalue weighted by molar-refractivity contribution is 6.17. The molecule has 1 aromatic rings. The van der Waals surface area contributed by atoms with Gasteiger partial charge in [-0.05, 0) is 12.5 Å². The molecule has 2 rings (SSSR count). The van der Waals surface area contributed by atoms with Gasteiger partial charge in [-0.1, -0.05) is 35.5 Å². The second kappa shape index (κ2) is 4.72. The number of hydrogen-bond donors (Lipinski definition) is 1. The van der Waals surface area contributed by atoms with Crippen LogP contribution in [0, 0.1) is 11.3 Å². The van der Waals surface area contributed by atoms with E-state index in [-0.39, 0.29) is 5.84 Å². The largest absolute Gasteiger partial charge is 0.409 e. The highest BCUT2D eigenvalue weighted by Crippen LogP contribution is 2.25. The van der Waals surface area contributed by atoms with Crippen molar-refractivity contribution in [3.63, 3.8) is 0 Å². The number of benzene rings is 1. The molecule has 0 radical (unpaired) electrons. The molecule has 0 aromatic heterocycles. The van der Waals surface area contributed by atoms with Gasteiger partial charge < -0.3 is 10.1 Å². The lowest BCUT2D eigenvalue weighted by atomic mass is 10.0. The summed E-state index contributed by atoms with van der Waals surface area (Å²) in [5.74, 6) is 0.844. The van der Waals surface area contributed by atoms with Gasteiger partial charge in [-0.25, -0.2) is 4.99 Å². The number of nitriles is 1. The lowest BCUT2D eigenvalue weighted by Crippen LogP contribution is -2.20. The van der Waals surface area contributed by atoms with Gasteiger partial charge in [0.1, 0.15) is 17.6 Å². The lowest BCUT2D eigenvalue weighted by molar-refractivity contribution is 0.318. The molecule has 0 aliphatic carbocycles. The van der Waals surface area contributed by atoms with Crippen LogP contribution in [0.3, 0.4) is 0 Å². The first-order valence-corrected chi connectivity index (χ1v) is 5.40. The van der Waals surface area contributed by atoms with Crippen LogP contribution in [0.5, 0.6) is 0 Å². The molecule has 0 spiro atoms. The molecule has 5 heteroatoms. The maximum atomic E-state index is 9.34. The number of likely N-dealkylation sites (N-methyl/N-ethyl adjacent to an activating group) is 1. The summed E-state index contributed by atoms with van der Waals surface area (Å²) in [6.45, 7) is 1.79. The van der Waals surface area contributed by atoms with E-state index >= 15 is 0 Å². The maximum Gasteiger partial charge on any atom is 0.218 e. The molecule has 5 nitrogen and oxygen atoms in total. The number of amidine groups is 2. The standard InChI is InChI=1S/C13H12N4O/c1-9-15-13(16-18)12(17(9)2)11(8-14)10-6-4-3-5-7-10/h3-7,18H,1-2H3/b12-11-,16-13-. The molecule has 1 N–H and O–H groups in total. The Labute approximate surface area is 105 Å². The van der Waals surface area contributed by atoms with E-state index in [2.05, 4.69) is 16.2 Å². The third-order valence-electron chi connectivity index (χ3n) is 2.81. The topological polar surface area (TPSA) is 72.0 Å². The maximum absolute atomic E-state index is 9.34. The number of rotatable bonds is 1. The van der Waals surface area contributed by atoms with Gasteiger partial charge in [0.25, 0.3) is 0 Å². The fourth-order valence-electron chi connectivity index (χ4n) is 1.80. The zero-order chi connectivity index (χ0) is 13.1. The second-order valence-electron chi connectivity index (χ2n) is 3.84. The van der Waals surface area contributed by atoms with Crippen molar-refractivity contribution in [3.05, 3.63) is 41.6 Å². The fraction of sp³-hybridized carbons (Fsp3) is 0.154. The minimum absolute atomic E-state index is 0.162. The van der Waals surface area contributed by atoms with Crippen LogP contribution >= 0.6 is 0 Å². The van der Waals surface area contributed by atoms with Crippen LogP contribution in [0.1, 0.15) is 12.5 Å². The number of allylic oxidation sites excluding steroid dienone is 1. The Morgan fingerprint density at radius 3 is 2.61 bits per heavy atom. The summed E-state index contributed by atoms with van der Waals surface area (Å²) in [7, 11) is 1.78. The van der Waals surface area contributed by atoms with Crippen LogP contribution in [0.25, 0.3) is 5.57 Å². The van der Waals surface area contributed by atoms with Gasteiger partial charge in [-0.3, -0.25) is 0 Å². The fourth-order valence-corrected chi connectivity index (χ4v) is 1.80. The Balaban J connectivity index is 2.63. The van der Waals surface area contributed by atoms with Crippen LogP contribution in [-0.4, -0.2) is 28.8 Å². The van der Waals surface area contributed by atoms with E-state index < -0.39 is 0 Å². The molecule has 0 saturated heterocycles. The normalized spacial score (nSPS) is 19.7. The quantitative estimate of drug-likeness (QED) is 0.464. The molecule has 0 saturated carbocycles. The van der Waals surface area contributed by atoms with Crippen LogP contribution in [-0.2, 0) is 0 Å². The number of oxime groups is 1. The molecule has 90 valence electrons. The minimum Gasteiger partial charge on any atom is -0.409 e. The van der Waals surface area contributed by atoms with Crippen molar-refractivity contribution >= 4 is 17.2 Å². The molecule has 0 fully saturated rings. The highest BCUT2D eigenvalue weighted by atomic mass is 16.4. The molecule has 0 unspecified atom stereocenters. The third kappa shape index (κ3) is 1.84. The van der Waals surface area contributed by atoms with E-state index in [0.717, 1.165) is 5.56 Å². The molecule has 1 heterocycles. The molecule has 0 amide bonds. The molecular formula is C13H12N4O. The van der Waals surface area contributed by atoms with Crippen LogP contribution in [0.2, 0.25) is 0 Å². The first-order chi connectivity index (χ1) is 8.69. The zero-order valence-corrected chi connectivity index (χ0v) is 10.1. The van der Waals surface area contributed by atoms with E-state index in [1.54, 1.807) is 18.9 Å². The van der Waals surface area contributed by atoms with E-state index in [0.29, 0.717) is 17.1 Å². The van der Waals surface area contributed by atoms with Crippen LogP contribution in [0.4, 0.5) is 0 Å². The molecule has 1 aliphatic rings. The lowest BCUT2D eigenvalue weighted by Gasteiger charge is -2.14. The number of aliphatic imine (C=N–C) groups is 1. The predicted molar refractivity (Wildman–Crippen MR) is 69.1 cm³/mol. The van der Waals surface area contributed by atoms with Crippen molar-refractivity contribution in [3.8, 4) is 6.07 Å². The van der Waals surface area contributed by atoms with E-state index in [1.165, 1.54) is 0 Å². The second-order valence-corrected chi connectivity index (χ2v) is 3.84. The van der Waals surface area contributed by atoms with Crippen molar-refractivity contribution in [1.82, 2.24) is 4.90 Å². The summed E-state index contributed by atoms with van der Waals surface area (Å²) in [5.41, 5.74) is 1.73. The summed E-state index contributed by atoms with van der Waals surface area (Å²) in [5, 5.41) is 21.5. The van der Waals surface area contributed by atoms with E-state index in [4.69, 9.17) is 5.21 Å². The summed E-state index contributed by atoms with van der Waals surface area (Å²) < 4.78 is 0. The Morgan fingerprint density at radius 1 is 1.39 bits per heavy atom. The van der Waals surface area contributed by atoms with Gasteiger partial charge in [-0.2, -0.15) is 5.26 Å². The zero-order valence-electron chi connectivity index (χ0n) is 10.1. The Hall–Kier alpha value is -2.61. The molecule has 1 aromatic carbocycles. The van der Waals surface area contributed by atoms with Gasteiger partial charge in [0.05, 0.1) is 5.57 Å². The molecule has 0 atom stereocenters. The van der Waals surface area contributed by atoms with Crippen molar-refractivity contribution < 1.29 is 5.21 Å².